The molecule has 0 saturated heterocycles. The van der Waals surface area contributed by atoms with Crippen LogP contribution in [0.25, 0.3) is 11.0 Å². The number of para-hydroxylation sites is 1. The van der Waals surface area contributed by atoms with E-state index < -0.39 is 11.9 Å². The van der Waals surface area contributed by atoms with Crippen LogP contribution in [0.3, 0.4) is 0 Å². The minimum atomic E-state index is -0.690. The Hall–Kier alpha value is -3.97. The first kappa shape index (κ1) is 20.9. The second-order valence-electron chi connectivity index (χ2n) is 7.76. The third kappa shape index (κ3) is 3.76. The number of rotatable bonds is 6. The first-order chi connectivity index (χ1) is 16.1. The van der Waals surface area contributed by atoms with Gasteiger partial charge in [0.15, 0.2) is 12.2 Å². The minimum absolute atomic E-state index is 0.0222. The number of benzene rings is 3. The van der Waals surface area contributed by atoms with Crippen molar-refractivity contribution in [3.05, 3.63) is 111 Å². The summed E-state index contributed by atoms with van der Waals surface area (Å²) < 4.78 is 29.9. The number of ether oxygens (including phenoxy) is 2. The average Bonchev–Trinajstić information content (AvgIpc) is 3.11. The van der Waals surface area contributed by atoms with E-state index in [0.29, 0.717) is 22.3 Å². The summed E-state index contributed by atoms with van der Waals surface area (Å²) >= 11 is 0. The number of halogens is 1. The van der Waals surface area contributed by atoms with Gasteiger partial charge in [-0.3, -0.25) is 9.59 Å². The van der Waals surface area contributed by atoms with Gasteiger partial charge in [-0.1, -0.05) is 36.4 Å². The lowest BCUT2D eigenvalue weighted by molar-refractivity contribution is 0.0509. The van der Waals surface area contributed by atoms with Crippen molar-refractivity contribution in [2.45, 2.75) is 12.6 Å². The highest BCUT2D eigenvalue weighted by molar-refractivity contribution is 5.99. The molecule has 7 heteroatoms. The molecule has 0 saturated carbocycles. The smallest absolute Gasteiger partial charge is 0.291 e. The summed E-state index contributed by atoms with van der Waals surface area (Å²) in [7, 11) is 1.52. The van der Waals surface area contributed by atoms with Crippen molar-refractivity contribution >= 4 is 16.9 Å². The highest BCUT2D eigenvalue weighted by Gasteiger charge is 2.42. The van der Waals surface area contributed by atoms with Crippen molar-refractivity contribution < 1.29 is 23.1 Å². The predicted octanol–water partition coefficient (Wildman–Crippen LogP) is 4.66. The lowest BCUT2D eigenvalue weighted by atomic mass is 9.98. The van der Waals surface area contributed by atoms with Crippen molar-refractivity contribution in [1.29, 1.82) is 0 Å². The Bertz CT molecular complexity index is 1400. The summed E-state index contributed by atoms with van der Waals surface area (Å²) in [6.07, 6.45) is 0. The third-order valence-corrected chi connectivity index (χ3v) is 5.66. The van der Waals surface area contributed by atoms with Gasteiger partial charge in [0, 0.05) is 13.7 Å². The normalized spacial score (nSPS) is 15.2. The van der Waals surface area contributed by atoms with Gasteiger partial charge >= 0.3 is 0 Å². The minimum Gasteiger partial charge on any atom is -0.468 e. The Labute approximate surface area is 188 Å². The van der Waals surface area contributed by atoms with Crippen LogP contribution in [0.1, 0.15) is 33.3 Å². The molecule has 0 radical (unpaired) electrons. The highest BCUT2D eigenvalue weighted by atomic mass is 19.1. The standard InChI is InChI=1S/C26H20FNO5/c1-31-15-32-19-6-4-5-17(13-19)23-22-24(29)20-7-2-3-8-21(20)33-25(22)26(30)28(23)14-16-9-11-18(27)12-10-16/h2-13,23H,14-15H2,1H3. The Morgan fingerprint density at radius 3 is 2.58 bits per heavy atom. The Balaban J connectivity index is 1.67. The Morgan fingerprint density at radius 2 is 1.79 bits per heavy atom. The van der Waals surface area contributed by atoms with Gasteiger partial charge in [-0.05, 0) is 47.5 Å². The number of methoxy groups -OCH3 is 1. The van der Waals surface area contributed by atoms with E-state index in [1.165, 1.54) is 19.2 Å². The molecule has 33 heavy (non-hydrogen) atoms. The van der Waals surface area contributed by atoms with Crippen molar-refractivity contribution in [3.63, 3.8) is 0 Å². The van der Waals surface area contributed by atoms with Gasteiger partial charge < -0.3 is 18.8 Å². The second kappa shape index (κ2) is 8.52. The van der Waals surface area contributed by atoms with Crippen LogP contribution in [0.4, 0.5) is 4.39 Å². The lowest BCUT2D eigenvalue weighted by Crippen LogP contribution is -2.29. The summed E-state index contributed by atoms with van der Waals surface area (Å²) in [5.41, 5.74) is 1.81. The predicted molar refractivity (Wildman–Crippen MR) is 120 cm³/mol. The molecule has 1 aromatic heterocycles. The van der Waals surface area contributed by atoms with Crippen LogP contribution in [-0.4, -0.2) is 24.7 Å². The van der Waals surface area contributed by atoms with E-state index in [1.54, 1.807) is 59.5 Å². The first-order valence-electron chi connectivity index (χ1n) is 10.4. The maximum atomic E-state index is 13.5. The second-order valence-corrected chi connectivity index (χ2v) is 7.76. The molecule has 0 aliphatic carbocycles. The number of amides is 1. The van der Waals surface area contributed by atoms with Gasteiger partial charge in [0.05, 0.1) is 17.0 Å². The van der Waals surface area contributed by atoms with E-state index in [-0.39, 0.29) is 35.9 Å². The van der Waals surface area contributed by atoms with Crippen molar-refractivity contribution in [3.8, 4) is 5.75 Å². The zero-order valence-electron chi connectivity index (χ0n) is 17.8. The first-order valence-corrected chi connectivity index (χ1v) is 10.4. The molecule has 0 spiro atoms. The number of carbonyl (C=O) groups excluding carboxylic acids is 1. The zero-order valence-corrected chi connectivity index (χ0v) is 17.8. The molecule has 0 bridgehead atoms. The molecule has 1 atom stereocenters. The van der Waals surface area contributed by atoms with Gasteiger partial charge in [0.2, 0.25) is 5.76 Å². The van der Waals surface area contributed by atoms with Crippen LogP contribution in [0.2, 0.25) is 0 Å². The maximum Gasteiger partial charge on any atom is 0.291 e. The molecule has 1 amide bonds. The summed E-state index contributed by atoms with van der Waals surface area (Å²) in [4.78, 5) is 28.5. The van der Waals surface area contributed by atoms with E-state index in [1.807, 2.05) is 6.07 Å². The van der Waals surface area contributed by atoms with Crippen LogP contribution >= 0.6 is 0 Å². The lowest BCUT2D eigenvalue weighted by Gasteiger charge is -2.25. The van der Waals surface area contributed by atoms with E-state index in [9.17, 15) is 14.0 Å². The van der Waals surface area contributed by atoms with E-state index >= 15 is 0 Å². The molecule has 166 valence electrons. The fourth-order valence-electron chi connectivity index (χ4n) is 4.16. The van der Waals surface area contributed by atoms with Crippen LogP contribution in [0.15, 0.2) is 82.0 Å². The third-order valence-electron chi connectivity index (χ3n) is 5.66. The van der Waals surface area contributed by atoms with Crippen molar-refractivity contribution in [2.75, 3.05) is 13.9 Å². The summed E-state index contributed by atoms with van der Waals surface area (Å²) in [5, 5.41) is 0.407. The van der Waals surface area contributed by atoms with Crippen LogP contribution in [0.5, 0.6) is 5.75 Å². The van der Waals surface area contributed by atoms with Gasteiger partial charge in [0.1, 0.15) is 17.1 Å². The number of hydrogen-bond acceptors (Lipinski definition) is 5. The molecule has 1 aliphatic heterocycles. The quantitative estimate of drug-likeness (QED) is 0.404. The van der Waals surface area contributed by atoms with Crippen LogP contribution in [0, 0.1) is 5.82 Å². The fourth-order valence-corrected chi connectivity index (χ4v) is 4.16. The van der Waals surface area contributed by atoms with Crippen molar-refractivity contribution in [1.82, 2.24) is 4.90 Å². The van der Waals surface area contributed by atoms with Gasteiger partial charge in [-0.2, -0.15) is 0 Å². The molecule has 0 fully saturated rings. The molecule has 1 unspecified atom stereocenters. The van der Waals surface area contributed by atoms with E-state index in [0.717, 1.165) is 5.56 Å². The highest BCUT2D eigenvalue weighted by Crippen LogP contribution is 2.40. The van der Waals surface area contributed by atoms with Gasteiger partial charge in [-0.25, -0.2) is 4.39 Å². The molecule has 5 rings (SSSR count). The van der Waals surface area contributed by atoms with Crippen LogP contribution < -0.4 is 10.2 Å². The molecule has 2 heterocycles. The van der Waals surface area contributed by atoms with E-state index in [2.05, 4.69) is 0 Å². The van der Waals surface area contributed by atoms with Crippen molar-refractivity contribution in [2.24, 2.45) is 0 Å². The Kier molecular flexibility index (Phi) is 5.40. The fraction of sp³-hybridized carbons (Fsp3) is 0.154. The summed E-state index contributed by atoms with van der Waals surface area (Å²) in [5.74, 6) is -0.195. The molecule has 0 N–H and O–H groups in total. The van der Waals surface area contributed by atoms with Crippen LogP contribution in [-0.2, 0) is 11.3 Å². The molecule has 4 aromatic rings. The molecule has 3 aromatic carbocycles. The Morgan fingerprint density at radius 1 is 1.00 bits per heavy atom. The number of fused-ring (bicyclic) bond motifs is 2. The molecule has 6 nitrogen and oxygen atoms in total. The zero-order chi connectivity index (χ0) is 22.9. The number of carbonyl (C=O) groups is 1. The SMILES string of the molecule is COCOc1cccc(C2c3c(oc4ccccc4c3=O)C(=O)N2Cc2ccc(F)cc2)c1. The molecule has 1 aliphatic rings. The molecular weight excluding hydrogens is 425 g/mol. The molecular formula is C26H20FNO5. The summed E-state index contributed by atoms with van der Waals surface area (Å²) in [6.45, 7) is 0.239. The number of hydrogen-bond donors (Lipinski definition) is 0. The van der Waals surface area contributed by atoms with E-state index in [4.69, 9.17) is 13.9 Å². The van der Waals surface area contributed by atoms with Gasteiger partial charge in [0.25, 0.3) is 5.91 Å². The van der Waals surface area contributed by atoms with Gasteiger partial charge in [-0.15, -0.1) is 0 Å². The largest absolute Gasteiger partial charge is 0.468 e. The monoisotopic (exact) mass is 445 g/mol. The average molecular weight is 445 g/mol. The number of nitrogens with zero attached hydrogens (tertiary/aromatic N) is 1. The maximum absolute atomic E-state index is 13.5. The topological polar surface area (TPSA) is 69.0 Å². The summed E-state index contributed by atoms with van der Waals surface area (Å²) in [6, 6.07) is 19.3.